The van der Waals surface area contributed by atoms with Crippen LogP contribution in [0.25, 0.3) is 16.7 Å². The van der Waals surface area contributed by atoms with Crippen molar-refractivity contribution < 1.29 is 4.79 Å². The molecule has 30 heavy (non-hydrogen) atoms. The summed E-state index contributed by atoms with van der Waals surface area (Å²) < 4.78 is 3.03. The molecule has 0 N–H and O–H groups in total. The maximum atomic E-state index is 13.0. The lowest BCUT2D eigenvalue weighted by Gasteiger charge is -2.29. The van der Waals surface area contributed by atoms with Crippen LogP contribution >= 0.6 is 0 Å². The first-order chi connectivity index (χ1) is 14.6. The van der Waals surface area contributed by atoms with Crippen LogP contribution in [0, 0.1) is 6.92 Å². The van der Waals surface area contributed by atoms with Gasteiger partial charge in [0.1, 0.15) is 18.3 Å². The van der Waals surface area contributed by atoms with Crippen LogP contribution in [0.2, 0.25) is 0 Å². The summed E-state index contributed by atoms with van der Waals surface area (Å²) >= 11 is 0. The van der Waals surface area contributed by atoms with Crippen molar-refractivity contribution in [3.05, 3.63) is 82.5 Å². The van der Waals surface area contributed by atoms with Gasteiger partial charge in [0.25, 0.3) is 5.56 Å². The molecule has 1 amide bonds. The zero-order valence-electron chi connectivity index (χ0n) is 16.7. The van der Waals surface area contributed by atoms with E-state index in [0.717, 1.165) is 35.3 Å². The molecule has 3 heterocycles. The molecular formula is C23H21N5O2. The smallest absolute Gasteiger partial charge is 0.264 e. The fraction of sp³-hybridized carbons (Fsp3) is 0.217. The van der Waals surface area contributed by atoms with Gasteiger partial charge < -0.3 is 4.90 Å². The third-order valence-corrected chi connectivity index (χ3v) is 5.62. The average Bonchev–Trinajstić information content (AvgIpc) is 3.20. The van der Waals surface area contributed by atoms with Crippen LogP contribution in [-0.4, -0.2) is 31.8 Å². The molecule has 1 aliphatic rings. The molecule has 0 unspecified atom stereocenters. The summed E-state index contributed by atoms with van der Waals surface area (Å²) in [6.45, 7) is 2.59. The Labute approximate surface area is 173 Å². The highest BCUT2D eigenvalue weighted by atomic mass is 16.2. The van der Waals surface area contributed by atoms with E-state index >= 15 is 0 Å². The molecule has 0 saturated carbocycles. The molecule has 4 aromatic rings. The van der Waals surface area contributed by atoms with Crippen molar-refractivity contribution in [2.24, 2.45) is 0 Å². The predicted octanol–water partition coefficient (Wildman–Crippen LogP) is 2.87. The first-order valence-corrected chi connectivity index (χ1v) is 10.0. The number of aryl methyl sites for hydroxylation is 2. The van der Waals surface area contributed by atoms with Gasteiger partial charge in [-0.2, -0.15) is 5.10 Å². The Morgan fingerprint density at radius 3 is 2.67 bits per heavy atom. The third kappa shape index (κ3) is 2.99. The van der Waals surface area contributed by atoms with E-state index in [1.54, 1.807) is 9.58 Å². The maximum Gasteiger partial charge on any atom is 0.264 e. The monoisotopic (exact) mass is 399 g/mol. The van der Waals surface area contributed by atoms with E-state index in [-0.39, 0.29) is 18.0 Å². The highest BCUT2D eigenvalue weighted by Gasteiger charge is 2.23. The second-order valence-corrected chi connectivity index (χ2v) is 7.54. The van der Waals surface area contributed by atoms with E-state index in [1.807, 2.05) is 49.4 Å². The molecule has 150 valence electrons. The molecule has 0 spiro atoms. The van der Waals surface area contributed by atoms with E-state index in [1.165, 1.54) is 17.1 Å². The number of nitrogens with zero attached hydrogens (tertiary/aromatic N) is 5. The summed E-state index contributed by atoms with van der Waals surface area (Å²) in [7, 11) is 0. The molecular weight excluding hydrogens is 378 g/mol. The number of rotatable bonds is 3. The first-order valence-electron chi connectivity index (χ1n) is 10.0. The van der Waals surface area contributed by atoms with Crippen molar-refractivity contribution >= 4 is 22.6 Å². The van der Waals surface area contributed by atoms with Gasteiger partial charge in [-0.25, -0.2) is 9.67 Å². The van der Waals surface area contributed by atoms with Gasteiger partial charge in [0.2, 0.25) is 5.91 Å². The van der Waals surface area contributed by atoms with Gasteiger partial charge in [-0.1, -0.05) is 36.4 Å². The highest BCUT2D eigenvalue weighted by Crippen LogP contribution is 2.27. The molecule has 2 aromatic heterocycles. The van der Waals surface area contributed by atoms with Crippen molar-refractivity contribution in [1.82, 2.24) is 19.3 Å². The van der Waals surface area contributed by atoms with Crippen molar-refractivity contribution in [2.45, 2.75) is 26.3 Å². The van der Waals surface area contributed by atoms with Crippen LogP contribution in [0.15, 0.2) is 65.8 Å². The van der Waals surface area contributed by atoms with E-state index in [4.69, 9.17) is 0 Å². The lowest BCUT2D eigenvalue weighted by Crippen LogP contribution is -2.39. The molecule has 0 radical (unpaired) electrons. The van der Waals surface area contributed by atoms with Gasteiger partial charge in [-0.3, -0.25) is 14.2 Å². The molecule has 7 heteroatoms. The number of para-hydroxylation sites is 2. The van der Waals surface area contributed by atoms with Gasteiger partial charge in [-0.15, -0.1) is 0 Å². The van der Waals surface area contributed by atoms with Gasteiger partial charge in [-0.05, 0) is 43.0 Å². The second-order valence-electron chi connectivity index (χ2n) is 7.54. The Balaban J connectivity index is 1.48. The summed E-state index contributed by atoms with van der Waals surface area (Å²) in [4.78, 5) is 32.3. The largest absolute Gasteiger partial charge is 0.311 e. The van der Waals surface area contributed by atoms with Gasteiger partial charge in [0, 0.05) is 12.2 Å². The summed E-state index contributed by atoms with van der Waals surface area (Å²) in [6.07, 6.45) is 4.84. The van der Waals surface area contributed by atoms with Crippen molar-refractivity contribution in [1.29, 1.82) is 0 Å². The average molecular weight is 399 g/mol. The molecule has 2 aromatic carbocycles. The Morgan fingerprint density at radius 2 is 1.83 bits per heavy atom. The normalized spacial score (nSPS) is 13.4. The van der Waals surface area contributed by atoms with Crippen LogP contribution in [0.4, 0.5) is 5.69 Å². The quantitative estimate of drug-likeness (QED) is 0.531. The van der Waals surface area contributed by atoms with Crippen LogP contribution in [0.1, 0.15) is 17.5 Å². The standard InChI is InChI=1S/C23H21N5O2/c1-16-7-2-4-10-19(16)28-22-18(13-25-28)23(30)26(15-24-22)14-21(29)27-12-6-9-17-8-3-5-11-20(17)27/h2-5,7-8,10-11,13,15H,6,9,12,14H2,1H3. The Hall–Kier alpha value is -3.74. The van der Waals surface area contributed by atoms with Crippen molar-refractivity contribution in [3.63, 3.8) is 0 Å². The minimum atomic E-state index is -0.265. The molecule has 0 fully saturated rings. The van der Waals surface area contributed by atoms with Crippen molar-refractivity contribution in [3.8, 4) is 5.69 Å². The van der Waals surface area contributed by atoms with E-state index in [9.17, 15) is 9.59 Å². The molecule has 0 saturated heterocycles. The minimum absolute atomic E-state index is 0.0499. The van der Waals surface area contributed by atoms with Crippen LogP contribution < -0.4 is 10.5 Å². The molecule has 0 aliphatic carbocycles. The van der Waals surface area contributed by atoms with Crippen LogP contribution in [-0.2, 0) is 17.8 Å². The number of benzene rings is 2. The lowest BCUT2D eigenvalue weighted by molar-refractivity contribution is -0.119. The summed E-state index contributed by atoms with van der Waals surface area (Å²) in [5.74, 6) is -0.114. The number of carbonyl (C=O) groups excluding carboxylic acids is 1. The number of amides is 1. The van der Waals surface area contributed by atoms with Gasteiger partial charge >= 0.3 is 0 Å². The SMILES string of the molecule is Cc1ccccc1-n1ncc2c(=O)n(CC(=O)N3CCCc4ccccc43)cnc21. The first kappa shape index (κ1) is 18.3. The Kier molecular flexibility index (Phi) is 4.43. The van der Waals surface area contributed by atoms with E-state index in [0.29, 0.717) is 17.6 Å². The summed E-state index contributed by atoms with van der Waals surface area (Å²) in [5, 5.41) is 4.77. The second kappa shape index (κ2) is 7.26. The minimum Gasteiger partial charge on any atom is -0.311 e. The molecule has 1 aliphatic heterocycles. The number of hydrogen-bond donors (Lipinski definition) is 0. The number of anilines is 1. The topological polar surface area (TPSA) is 73.0 Å². The number of fused-ring (bicyclic) bond motifs is 2. The number of aromatic nitrogens is 4. The number of hydrogen-bond acceptors (Lipinski definition) is 4. The zero-order chi connectivity index (χ0) is 20.7. The molecule has 0 bridgehead atoms. The van der Waals surface area contributed by atoms with E-state index in [2.05, 4.69) is 16.1 Å². The molecule has 0 atom stereocenters. The van der Waals surface area contributed by atoms with Crippen LogP contribution in [0.5, 0.6) is 0 Å². The zero-order valence-corrected chi connectivity index (χ0v) is 16.7. The third-order valence-electron chi connectivity index (χ3n) is 5.62. The molecule has 7 nitrogen and oxygen atoms in total. The Bertz CT molecular complexity index is 1320. The van der Waals surface area contributed by atoms with Gasteiger partial charge in [0.05, 0.1) is 11.9 Å². The summed E-state index contributed by atoms with van der Waals surface area (Å²) in [6, 6.07) is 15.7. The summed E-state index contributed by atoms with van der Waals surface area (Å²) in [5.41, 5.74) is 4.23. The Morgan fingerprint density at radius 1 is 1.07 bits per heavy atom. The fourth-order valence-electron chi connectivity index (χ4n) is 4.06. The highest BCUT2D eigenvalue weighted by molar-refractivity contribution is 5.94. The maximum absolute atomic E-state index is 13.0. The fourth-order valence-corrected chi connectivity index (χ4v) is 4.06. The van der Waals surface area contributed by atoms with Gasteiger partial charge in [0.15, 0.2) is 5.65 Å². The van der Waals surface area contributed by atoms with Crippen molar-refractivity contribution in [2.75, 3.05) is 11.4 Å². The van der Waals surface area contributed by atoms with E-state index < -0.39 is 0 Å². The van der Waals surface area contributed by atoms with Crippen LogP contribution in [0.3, 0.4) is 0 Å². The number of carbonyl (C=O) groups is 1. The lowest BCUT2D eigenvalue weighted by atomic mass is 10.0. The predicted molar refractivity (Wildman–Crippen MR) is 115 cm³/mol. The molecule has 5 rings (SSSR count).